The molecule has 4 nitrogen and oxygen atoms in total. The average molecular weight is 815 g/mol. The van der Waals surface area contributed by atoms with Gasteiger partial charge in [0.25, 0.3) is 0 Å². The van der Waals surface area contributed by atoms with E-state index in [-0.39, 0.29) is 0 Å². The van der Waals surface area contributed by atoms with Crippen LogP contribution in [0.1, 0.15) is 0 Å². The third-order valence-electron chi connectivity index (χ3n) is 13.1. The minimum atomic E-state index is 0.915. The Hall–Kier alpha value is -8.60. The van der Waals surface area contributed by atoms with Gasteiger partial charge in [-0.3, -0.25) is 9.97 Å². The standard InChI is InChI=1S/C60H38N4/c1-2-10-42(11-3-1)47-34-36-61-59-52(47)31-32-53-48(35-37-62-60(53)59)43-20-18-41(19-21-43)44-26-33-58-54(38-44)51-14-6-9-17-57(51)64(58)46-29-24-40(25-30-46)39-22-27-45(28-23-39)63-55-15-7-4-12-49(55)50-13-5-8-16-56(50)63/h1-38H. The molecule has 0 atom stereocenters. The van der Waals surface area contributed by atoms with E-state index in [4.69, 9.17) is 9.97 Å². The predicted molar refractivity (Wildman–Crippen MR) is 267 cm³/mol. The second kappa shape index (κ2) is 14.5. The number of para-hydroxylation sites is 3. The van der Waals surface area contributed by atoms with Crippen LogP contribution in [0.5, 0.6) is 0 Å². The molecule has 13 aromatic rings. The summed E-state index contributed by atoms with van der Waals surface area (Å²) in [4.78, 5) is 9.68. The highest BCUT2D eigenvalue weighted by Crippen LogP contribution is 2.39. The molecular weight excluding hydrogens is 777 g/mol. The van der Waals surface area contributed by atoms with Crippen LogP contribution in [-0.4, -0.2) is 19.1 Å². The van der Waals surface area contributed by atoms with Crippen LogP contribution in [-0.2, 0) is 0 Å². The first-order valence-corrected chi connectivity index (χ1v) is 21.8. The van der Waals surface area contributed by atoms with Crippen LogP contribution in [0.3, 0.4) is 0 Å². The van der Waals surface area contributed by atoms with Gasteiger partial charge in [-0.1, -0.05) is 152 Å². The monoisotopic (exact) mass is 814 g/mol. The lowest BCUT2D eigenvalue weighted by atomic mass is 9.95. The number of aromatic nitrogens is 4. The molecule has 0 spiro atoms. The molecule has 298 valence electrons. The molecule has 0 fully saturated rings. The van der Waals surface area contributed by atoms with E-state index in [9.17, 15) is 0 Å². The fourth-order valence-corrected chi connectivity index (χ4v) is 10.0. The summed E-state index contributed by atoms with van der Waals surface area (Å²) in [6.07, 6.45) is 3.80. The van der Waals surface area contributed by atoms with Gasteiger partial charge in [0.05, 0.1) is 33.1 Å². The zero-order valence-electron chi connectivity index (χ0n) is 34.7. The van der Waals surface area contributed by atoms with Crippen molar-refractivity contribution < 1.29 is 0 Å². The summed E-state index contributed by atoms with van der Waals surface area (Å²) >= 11 is 0. The van der Waals surface area contributed by atoms with Crippen molar-refractivity contribution in [1.29, 1.82) is 0 Å². The highest BCUT2D eigenvalue weighted by Gasteiger charge is 2.16. The largest absolute Gasteiger partial charge is 0.309 e. The lowest BCUT2D eigenvalue weighted by Crippen LogP contribution is -1.94. The van der Waals surface area contributed by atoms with E-state index in [1.165, 1.54) is 71.4 Å². The number of nitrogens with zero attached hydrogens (tertiary/aromatic N) is 4. The molecule has 0 aliphatic rings. The Bertz CT molecular complexity index is 3860. The quantitative estimate of drug-likeness (QED) is 0.157. The van der Waals surface area contributed by atoms with Gasteiger partial charge in [0.15, 0.2) is 0 Å². The van der Waals surface area contributed by atoms with E-state index in [0.29, 0.717) is 0 Å². The number of benzene rings is 9. The summed E-state index contributed by atoms with van der Waals surface area (Å²) in [5, 5.41) is 7.21. The molecule has 13 rings (SSSR count). The highest BCUT2D eigenvalue weighted by atomic mass is 15.0. The first-order valence-electron chi connectivity index (χ1n) is 21.8. The van der Waals surface area contributed by atoms with Gasteiger partial charge in [0.2, 0.25) is 0 Å². The lowest BCUT2D eigenvalue weighted by Gasteiger charge is -2.12. The Balaban J connectivity index is 0.815. The minimum Gasteiger partial charge on any atom is -0.309 e. The maximum atomic E-state index is 4.85. The van der Waals surface area contributed by atoms with Gasteiger partial charge in [0, 0.05) is 56.1 Å². The van der Waals surface area contributed by atoms with E-state index in [1.54, 1.807) is 0 Å². The zero-order valence-corrected chi connectivity index (χ0v) is 34.7. The number of hydrogen-bond acceptors (Lipinski definition) is 2. The van der Waals surface area contributed by atoms with Gasteiger partial charge in [-0.2, -0.15) is 0 Å². The molecule has 4 heterocycles. The first-order chi connectivity index (χ1) is 31.7. The van der Waals surface area contributed by atoms with Crippen molar-refractivity contribution in [2.45, 2.75) is 0 Å². The molecular formula is C60H38N4. The SMILES string of the molecule is c1ccc(-c2ccnc3c2ccc2c(-c4ccc(-c5ccc6c(c5)c5ccccc5n6-c5ccc(-c6ccc(-n7c8ccccc8c8ccccc87)cc6)cc5)cc4)ccnc23)cc1. The van der Waals surface area contributed by atoms with Crippen molar-refractivity contribution in [3.63, 3.8) is 0 Å². The molecule has 0 saturated heterocycles. The van der Waals surface area contributed by atoms with Gasteiger partial charge in [-0.15, -0.1) is 0 Å². The first kappa shape index (κ1) is 36.1. The van der Waals surface area contributed by atoms with E-state index in [2.05, 4.69) is 221 Å². The van der Waals surface area contributed by atoms with Crippen molar-refractivity contribution in [2.24, 2.45) is 0 Å². The summed E-state index contributed by atoms with van der Waals surface area (Å²) in [5.41, 5.74) is 18.3. The van der Waals surface area contributed by atoms with E-state index in [1.807, 2.05) is 18.5 Å². The maximum absolute atomic E-state index is 4.85. The molecule has 9 aromatic carbocycles. The Labute approximate surface area is 369 Å². The predicted octanol–water partition coefficient (Wildman–Crippen LogP) is 15.6. The highest BCUT2D eigenvalue weighted by molar-refractivity contribution is 6.13. The molecule has 0 saturated carbocycles. The molecule has 4 heteroatoms. The van der Waals surface area contributed by atoms with Crippen LogP contribution < -0.4 is 0 Å². The summed E-state index contributed by atoms with van der Waals surface area (Å²) in [7, 11) is 0. The Morgan fingerprint density at radius 1 is 0.250 bits per heavy atom. The van der Waals surface area contributed by atoms with Crippen LogP contribution in [0.25, 0.3) is 121 Å². The van der Waals surface area contributed by atoms with Crippen molar-refractivity contribution in [2.75, 3.05) is 0 Å². The number of fused-ring (bicyclic) bond motifs is 9. The smallest absolute Gasteiger partial charge is 0.0970 e. The Morgan fingerprint density at radius 3 is 1.14 bits per heavy atom. The third kappa shape index (κ3) is 5.70. The fraction of sp³-hybridized carbons (Fsp3) is 0. The van der Waals surface area contributed by atoms with Crippen molar-refractivity contribution in [3.8, 4) is 55.9 Å². The molecule has 64 heavy (non-hydrogen) atoms. The molecule has 0 bridgehead atoms. The number of rotatable bonds is 6. The van der Waals surface area contributed by atoms with Crippen LogP contribution >= 0.6 is 0 Å². The van der Waals surface area contributed by atoms with Gasteiger partial charge in [-0.25, -0.2) is 0 Å². The zero-order chi connectivity index (χ0) is 42.1. The summed E-state index contributed by atoms with van der Waals surface area (Å²) < 4.78 is 4.76. The van der Waals surface area contributed by atoms with Crippen LogP contribution in [0, 0.1) is 0 Å². The lowest BCUT2D eigenvalue weighted by molar-refractivity contribution is 1.18. The second-order valence-electron chi connectivity index (χ2n) is 16.6. The number of hydrogen-bond donors (Lipinski definition) is 0. The fourth-order valence-electron chi connectivity index (χ4n) is 10.0. The van der Waals surface area contributed by atoms with E-state index >= 15 is 0 Å². The molecule has 4 aromatic heterocycles. The molecule has 0 radical (unpaired) electrons. The van der Waals surface area contributed by atoms with Crippen molar-refractivity contribution >= 4 is 65.4 Å². The van der Waals surface area contributed by atoms with Gasteiger partial charge in [0.1, 0.15) is 0 Å². The normalized spacial score (nSPS) is 11.8. The minimum absolute atomic E-state index is 0.915. The Kier molecular flexibility index (Phi) is 8.18. The van der Waals surface area contributed by atoms with Crippen LogP contribution in [0.15, 0.2) is 231 Å². The Morgan fingerprint density at radius 2 is 0.625 bits per heavy atom. The van der Waals surface area contributed by atoms with E-state index in [0.717, 1.165) is 49.9 Å². The van der Waals surface area contributed by atoms with Gasteiger partial charge >= 0.3 is 0 Å². The van der Waals surface area contributed by atoms with Crippen LogP contribution in [0.2, 0.25) is 0 Å². The number of pyridine rings is 2. The average Bonchev–Trinajstić information content (AvgIpc) is 3.89. The van der Waals surface area contributed by atoms with E-state index < -0.39 is 0 Å². The topological polar surface area (TPSA) is 35.6 Å². The third-order valence-corrected chi connectivity index (χ3v) is 13.1. The van der Waals surface area contributed by atoms with Crippen LogP contribution in [0.4, 0.5) is 0 Å². The molecule has 0 aliphatic carbocycles. The van der Waals surface area contributed by atoms with Gasteiger partial charge in [-0.05, 0) is 111 Å². The molecule has 0 aliphatic heterocycles. The summed E-state index contributed by atoms with van der Waals surface area (Å²) in [6, 6.07) is 78.9. The maximum Gasteiger partial charge on any atom is 0.0970 e. The summed E-state index contributed by atoms with van der Waals surface area (Å²) in [6.45, 7) is 0. The molecule has 0 amide bonds. The van der Waals surface area contributed by atoms with Crippen molar-refractivity contribution in [3.05, 3.63) is 231 Å². The molecule has 0 unspecified atom stereocenters. The molecule has 0 N–H and O–H groups in total. The second-order valence-corrected chi connectivity index (χ2v) is 16.6. The van der Waals surface area contributed by atoms with Crippen molar-refractivity contribution in [1.82, 2.24) is 19.1 Å². The summed E-state index contributed by atoms with van der Waals surface area (Å²) in [5.74, 6) is 0. The van der Waals surface area contributed by atoms with Gasteiger partial charge < -0.3 is 9.13 Å².